The molecule has 1 aliphatic rings. The zero-order chi connectivity index (χ0) is 10.8. The molecule has 0 aromatic carbocycles. The van der Waals surface area contributed by atoms with Gasteiger partial charge in [-0.15, -0.1) is 11.6 Å². The van der Waals surface area contributed by atoms with Crippen LogP contribution >= 0.6 is 11.6 Å². The highest BCUT2D eigenvalue weighted by Crippen LogP contribution is 2.23. The zero-order valence-corrected chi connectivity index (χ0v) is 9.41. The van der Waals surface area contributed by atoms with Gasteiger partial charge in [-0.3, -0.25) is 4.79 Å². The summed E-state index contributed by atoms with van der Waals surface area (Å²) in [6.07, 6.45) is 4.95. The van der Waals surface area contributed by atoms with E-state index in [0.717, 1.165) is 19.4 Å². The molecule has 4 heteroatoms. The van der Waals surface area contributed by atoms with Crippen molar-refractivity contribution in [2.75, 3.05) is 6.54 Å². The first kappa shape index (κ1) is 10.6. The summed E-state index contributed by atoms with van der Waals surface area (Å²) < 4.78 is 4.91. The van der Waals surface area contributed by atoms with Crippen LogP contribution in [0.2, 0.25) is 0 Å². The Morgan fingerprint density at radius 1 is 1.67 bits per heavy atom. The van der Waals surface area contributed by atoms with Crippen molar-refractivity contribution in [3.63, 3.8) is 0 Å². The van der Waals surface area contributed by atoms with Crippen LogP contribution in [0.5, 0.6) is 0 Å². The number of carbonyl (C=O) groups excluding carboxylic acids is 1. The number of likely N-dealkylation sites (tertiary alicyclic amines) is 1. The van der Waals surface area contributed by atoms with E-state index in [9.17, 15) is 4.79 Å². The predicted octanol–water partition coefficient (Wildman–Crippen LogP) is 2.51. The van der Waals surface area contributed by atoms with Crippen molar-refractivity contribution in [3.8, 4) is 0 Å². The number of hydrogen-bond donors (Lipinski definition) is 0. The van der Waals surface area contributed by atoms with Gasteiger partial charge in [0.2, 0.25) is 0 Å². The van der Waals surface area contributed by atoms with Crippen LogP contribution < -0.4 is 0 Å². The minimum absolute atomic E-state index is 0.0154. The summed E-state index contributed by atoms with van der Waals surface area (Å²) in [6.45, 7) is 2.78. The molecule has 1 aromatic rings. The van der Waals surface area contributed by atoms with E-state index in [-0.39, 0.29) is 17.3 Å². The van der Waals surface area contributed by atoms with Crippen molar-refractivity contribution < 1.29 is 9.21 Å². The van der Waals surface area contributed by atoms with Crippen LogP contribution in [-0.4, -0.2) is 28.8 Å². The molecule has 1 amide bonds. The second-order valence-corrected chi connectivity index (χ2v) is 4.47. The molecular weight excluding hydrogens is 214 g/mol. The Labute approximate surface area is 94.0 Å². The van der Waals surface area contributed by atoms with Gasteiger partial charge in [-0.05, 0) is 25.8 Å². The molecule has 2 atom stereocenters. The summed E-state index contributed by atoms with van der Waals surface area (Å²) in [5.41, 5.74) is 0.604. The van der Waals surface area contributed by atoms with Gasteiger partial charge in [0.05, 0.1) is 17.2 Å². The topological polar surface area (TPSA) is 33.5 Å². The van der Waals surface area contributed by atoms with Gasteiger partial charge in [-0.1, -0.05) is 0 Å². The molecule has 15 heavy (non-hydrogen) atoms. The smallest absolute Gasteiger partial charge is 0.257 e. The van der Waals surface area contributed by atoms with Crippen LogP contribution in [-0.2, 0) is 0 Å². The monoisotopic (exact) mass is 227 g/mol. The first-order valence-corrected chi connectivity index (χ1v) is 5.61. The minimum atomic E-state index is 0.0154. The van der Waals surface area contributed by atoms with Gasteiger partial charge in [-0.2, -0.15) is 0 Å². The fourth-order valence-corrected chi connectivity index (χ4v) is 2.23. The lowest BCUT2D eigenvalue weighted by atomic mass is 10.0. The first-order valence-electron chi connectivity index (χ1n) is 5.17. The highest BCUT2D eigenvalue weighted by molar-refractivity contribution is 6.21. The van der Waals surface area contributed by atoms with E-state index in [2.05, 4.69) is 0 Å². The summed E-state index contributed by atoms with van der Waals surface area (Å²) in [4.78, 5) is 13.8. The lowest BCUT2D eigenvalue weighted by Crippen LogP contribution is -2.47. The van der Waals surface area contributed by atoms with E-state index in [0.29, 0.717) is 5.56 Å². The molecular formula is C11H14ClNO2. The number of alkyl halides is 1. The predicted molar refractivity (Wildman–Crippen MR) is 58.1 cm³/mol. The van der Waals surface area contributed by atoms with Crippen molar-refractivity contribution in [2.45, 2.75) is 31.2 Å². The Balaban J connectivity index is 2.13. The van der Waals surface area contributed by atoms with E-state index in [4.69, 9.17) is 16.0 Å². The molecule has 1 saturated heterocycles. The number of rotatable bonds is 1. The third kappa shape index (κ3) is 2.02. The Bertz CT molecular complexity index is 336. The van der Waals surface area contributed by atoms with E-state index < -0.39 is 0 Å². The summed E-state index contributed by atoms with van der Waals surface area (Å²) in [5.74, 6) is 0.0154. The Morgan fingerprint density at radius 2 is 2.47 bits per heavy atom. The number of halogens is 1. The van der Waals surface area contributed by atoms with Crippen LogP contribution in [0.1, 0.15) is 30.1 Å². The average molecular weight is 228 g/mol. The van der Waals surface area contributed by atoms with Crippen LogP contribution in [0, 0.1) is 0 Å². The number of nitrogens with zero attached hydrogens (tertiary/aromatic N) is 1. The molecule has 0 bridgehead atoms. The Morgan fingerprint density at radius 3 is 3.13 bits per heavy atom. The van der Waals surface area contributed by atoms with Crippen molar-refractivity contribution in [1.29, 1.82) is 0 Å². The summed E-state index contributed by atoms with van der Waals surface area (Å²) in [5, 5.41) is 0.0644. The molecule has 0 radical (unpaired) electrons. The highest BCUT2D eigenvalue weighted by Gasteiger charge is 2.30. The van der Waals surface area contributed by atoms with E-state index in [1.165, 1.54) is 12.5 Å². The molecule has 0 aliphatic carbocycles. The molecule has 1 aliphatic heterocycles. The number of amides is 1. The maximum absolute atomic E-state index is 12.0. The fourth-order valence-electron chi connectivity index (χ4n) is 1.94. The molecule has 3 nitrogen and oxygen atoms in total. The SMILES string of the molecule is CC1C(Cl)CCCN1C(=O)c1ccoc1. The number of hydrogen-bond acceptors (Lipinski definition) is 2. The van der Waals surface area contributed by atoms with Crippen molar-refractivity contribution in [2.24, 2.45) is 0 Å². The molecule has 82 valence electrons. The normalized spacial score (nSPS) is 26.7. The fraction of sp³-hybridized carbons (Fsp3) is 0.545. The van der Waals surface area contributed by atoms with Gasteiger partial charge in [0, 0.05) is 12.6 Å². The highest BCUT2D eigenvalue weighted by atomic mass is 35.5. The third-order valence-corrected chi connectivity index (χ3v) is 3.51. The maximum atomic E-state index is 12.0. The molecule has 2 heterocycles. The minimum Gasteiger partial charge on any atom is -0.472 e. The van der Waals surface area contributed by atoms with Crippen molar-refractivity contribution >= 4 is 17.5 Å². The Kier molecular flexibility index (Phi) is 3.00. The standard InChI is InChI=1S/C11H14ClNO2/c1-8-10(12)3-2-5-13(8)11(14)9-4-6-15-7-9/h4,6-8,10H,2-3,5H2,1H3. The second kappa shape index (κ2) is 4.27. The van der Waals surface area contributed by atoms with Crippen molar-refractivity contribution in [3.05, 3.63) is 24.2 Å². The number of piperidine rings is 1. The van der Waals surface area contributed by atoms with Crippen LogP contribution in [0.25, 0.3) is 0 Å². The molecule has 2 rings (SSSR count). The molecule has 1 fully saturated rings. The van der Waals surface area contributed by atoms with E-state index in [1.54, 1.807) is 6.07 Å². The van der Waals surface area contributed by atoms with Gasteiger partial charge in [0.15, 0.2) is 0 Å². The molecule has 2 unspecified atom stereocenters. The third-order valence-electron chi connectivity index (χ3n) is 2.92. The molecule has 0 saturated carbocycles. The summed E-state index contributed by atoms with van der Waals surface area (Å²) in [6, 6.07) is 1.79. The largest absolute Gasteiger partial charge is 0.472 e. The maximum Gasteiger partial charge on any atom is 0.257 e. The van der Waals surface area contributed by atoms with Gasteiger partial charge in [0.1, 0.15) is 6.26 Å². The van der Waals surface area contributed by atoms with E-state index >= 15 is 0 Å². The van der Waals surface area contributed by atoms with Crippen molar-refractivity contribution in [1.82, 2.24) is 4.90 Å². The Hall–Kier alpha value is -0.960. The number of carbonyl (C=O) groups is 1. The van der Waals surface area contributed by atoms with E-state index in [1.807, 2.05) is 11.8 Å². The first-order chi connectivity index (χ1) is 7.20. The molecule has 0 N–H and O–H groups in total. The van der Waals surface area contributed by atoms with Gasteiger partial charge < -0.3 is 9.32 Å². The van der Waals surface area contributed by atoms with Crippen LogP contribution in [0.15, 0.2) is 23.0 Å². The molecule has 1 aromatic heterocycles. The number of furan rings is 1. The summed E-state index contributed by atoms with van der Waals surface area (Å²) >= 11 is 6.15. The quantitative estimate of drug-likeness (QED) is 0.691. The average Bonchev–Trinajstić information content (AvgIpc) is 2.74. The van der Waals surface area contributed by atoms with Gasteiger partial charge in [0.25, 0.3) is 5.91 Å². The van der Waals surface area contributed by atoms with Gasteiger partial charge >= 0.3 is 0 Å². The summed E-state index contributed by atoms with van der Waals surface area (Å²) in [7, 11) is 0. The molecule has 0 spiro atoms. The lowest BCUT2D eigenvalue weighted by Gasteiger charge is -2.36. The lowest BCUT2D eigenvalue weighted by molar-refractivity contribution is 0.0640. The van der Waals surface area contributed by atoms with Crippen LogP contribution in [0.3, 0.4) is 0 Å². The second-order valence-electron chi connectivity index (χ2n) is 3.91. The van der Waals surface area contributed by atoms with Gasteiger partial charge in [-0.25, -0.2) is 0 Å². The van der Waals surface area contributed by atoms with Crippen LogP contribution in [0.4, 0.5) is 0 Å². The zero-order valence-electron chi connectivity index (χ0n) is 8.65.